The predicted octanol–water partition coefficient (Wildman–Crippen LogP) is 3.51. The highest BCUT2D eigenvalue weighted by Gasteiger charge is 2.17. The average molecular weight is 430 g/mol. The molecule has 3 rings (SSSR count). The molecular formula is C17H24FIN4. The van der Waals surface area contributed by atoms with Gasteiger partial charge in [0, 0.05) is 36.7 Å². The Kier molecular flexibility index (Phi) is 6.26. The summed E-state index contributed by atoms with van der Waals surface area (Å²) >= 11 is 0. The Hall–Kier alpha value is -1.31. The van der Waals surface area contributed by atoms with Gasteiger partial charge < -0.3 is 15.6 Å². The number of aliphatic imine (C=N–C) groups is 1. The minimum atomic E-state index is -0.210. The number of aromatic nitrogens is 1. The molecule has 0 radical (unpaired) electrons. The number of nitrogens with two attached hydrogens (primary N) is 1. The molecule has 1 aromatic heterocycles. The van der Waals surface area contributed by atoms with Gasteiger partial charge in [0.1, 0.15) is 5.82 Å². The lowest BCUT2D eigenvalue weighted by molar-refractivity contribution is 0.270. The molecule has 1 aliphatic rings. The number of rotatable bonds is 3. The first-order chi connectivity index (χ1) is 10.6. The van der Waals surface area contributed by atoms with Crippen molar-refractivity contribution in [2.45, 2.75) is 26.2 Å². The maximum atomic E-state index is 13.4. The van der Waals surface area contributed by atoms with Gasteiger partial charge in [0.15, 0.2) is 5.96 Å². The normalized spacial score (nSPS) is 19.0. The van der Waals surface area contributed by atoms with Gasteiger partial charge in [-0.3, -0.25) is 4.99 Å². The molecule has 4 nitrogen and oxygen atoms in total. The molecular weight excluding hydrogens is 406 g/mol. The molecule has 2 aromatic rings. The number of hydrogen-bond acceptors (Lipinski definition) is 1. The number of nitrogens with zero attached hydrogens (tertiary/aromatic N) is 2. The largest absolute Gasteiger partial charge is 0.370 e. The van der Waals surface area contributed by atoms with Crippen LogP contribution in [-0.2, 0) is 6.42 Å². The van der Waals surface area contributed by atoms with Gasteiger partial charge in [-0.05, 0) is 48.9 Å². The van der Waals surface area contributed by atoms with Crippen molar-refractivity contribution in [3.8, 4) is 0 Å². The number of halogens is 2. The number of likely N-dealkylation sites (tertiary alicyclic amines) is 1. The topological polar surface area (TPSA) is 57.4 Å². The van der Waals surface area contributed by atoms with E-state index in [-0.39, 0.29) is 29.8 Å². The van der Waals surface area contributed by atoms with Gasteiger partial charge in [0.25, 0.3) is 0 Å². The van der Waals surface area contributed by atoms with Crippen LogP contribution < -0.4 is 5.73 Å². The van der Waals surface area contributed by atoms with Crippen molar-refractivity contribution in [1.29, 1.82) is 0 Å². The number of guanidine groups is 1. The third-order valence-electron chi connectivity index (χ3n) is 4.37. The molecule has 3 N–H and O–H groups in total. The number of nitrogens with one attached hydrogen (secondary N) is 1. The second-order valence-electron chi connectivity index (χ2n) is 6.19. The number of hydrogen-bond donors (Lipinski definition) is 2. The molecule has 126 valence electrons. The number of piperidine rings is 1. The smallest absolute Gasteiger partial charge is 0.191 e. The van der Waals surface area contributed by atoms with Crippen LogP contribution in [0.3, 0.4) is 0 Å². The van der Waals surface area contributed by atoms with Crippen LogP contribution >= 0.6 is 24.0 Å². The fourth-order valence-corrected chi connectivity index (χ4v) is 3.15. The van der Waals surface area contributed by atoms with Crippen LogP contribution in [0.25, 0.3) is 10.9 Å². The zero-order valence-electron chi connectivity index (χ0n) is 13.4. The lowest BCUT2D eigenvalue weighted by Crippen LogP contribution is -2.43. The minimum absolute atomic E-state index is 0. The van der Waals surface area contributed by atoms with Crippen molar-refractivity contribution in [3.63, 3.8) is 0 Å². The molecule has 23 heavy (non-hydrogen) atoms. The van der Waals surface area contributed by atoms with Crippen LogP contribution in [0.2, 0.25) is 0 Å². The lowest BCUT2D eigenvalue weighted by atomic mass is 10.0. The molecule has 1 unspecified atom stereocenters. The molecule has 0 saturated carbocycles. The van der Waals surface area contributed by atoms with E-state index in [0.717, 1.165) is 36.0 Å². The summed E-state index contributed by atoms with van der Waals surface area (Å²) < 4.78 is 13.4. The van der Waals surface area contributed by atoms with Gasteiger partial charge in [-0.1, -0.05) is 6.92 Å². The Balaban J connectivity index is 0.00000192. The second-order valence-corrected chi connectivity index (χ2v) is 6.19. The summed E-state index contributed by atoms with van der Waals surface area (Å²) in [5, 5.41) is 0.931. The van der Waals surface area contributed by atoms with Gasteiger partial charge in [-0.25, -0.2) is 4.39 Å². The molecule has 1 fully saturated rings. The fourth-order valence-electron chi connectivity index (χ4n) is 3.15. The van der Waals surface area contributed by atoms with Crippen molar-refractivity contribution in [2.75, 3.05) is 19.6 Å². The Bertz CT molecular complexity index is 682. The quantitative estimate of drug-likeness (QED) is 0.445. The van der Waals surface area contributed by atoms with E-state index in [2.05, 4.69) is 21.8 Å². The zero-order chi connectivity index (χ0) is 15.5. The maximum absolute atomic E-state index is 13.4. The summed E-state index contributed by atoms with van der Waals surface area (Å²) in [5.41, 5.74) is 8.13. The summed E-state index contributed by atoms with van der Waals surface area (Å²) in [7, 11) is 0. The van der Waals surface area contributed by atoms with E-state index >= 15 is 0 Å². The third-order valence-corrected chi connectivity index (χ3v) is 4.37. The molecule has 6 heteroatoms. The van der Waals surface area contributed by atoms with Crippen molar-refractivity contribution >= 4 is 40.8 Å². The van der Waals surface area contributed by atoms with Gasteiger partial charge in [0.2, 0.25) is 0 Å². The fraction of sp³-hybridized carbons (Fsp3) is 0.471. The van der Waals surface area contributed by atoms with Crippen molar-refractivity contribution < 1.29 is 4.39 Å². The minimum Gasteiger partial charge on any atom is -0.370 e. The van der Waals surface area contributed by atoms with Gasteiger partial charge in [0.05, 0.1) is 0 Å². The molecule has 1 aromatic carbocycles. The molecule has 1 saturated heterocycles. The highest BCUT2D eigenvalue weighted by Crippen LogP contribution is 2.20. The first kappa shape index (κ1) is 18.0. The van der Waals surface area contributed by atoms with E-state index in [4.69, 9.17) is 5.73 Å². The highest BCUT2D eigenvalue weighted by molar-refractivity contribution is 14.0. The van der Waals surface area contributed by atoms with Crippen LogP contribution in [0.4, 0.5) is 4.39 Å². The van der Waals surface area contributed by atoms with E-state index in [9.17, 15) is 4.39 Å². The van der Waals surface area contributed by atoms with Gasteiger partial charge >= 0.3 is 0 Å². The number of benzene rings is 1. The molecule has 0 aliphatic carbocycles. The molecule has 1 aliphatic heterocycles. The summed E-state index contributed by atoms with van der Waals surface area (Å²) in [5.74, 6) is 1.11. The first-order valence-electron chi connectivity index (χ1n) is 7.94. The van der Waals surface area contributed by atoms with E-state index in [1.807, 2.05) is 6.20 Å². The Morgan fingerprint density at radius 2 is 2.30 bits per heavy atom. The van der Waals surface area contributed by atoms with Gasteiger partial charge in [-0.15, -0.1) is 24.0 Å². The Labute approximate surface area is 153 Å². The monoisotopic (exact) mass is 430 g/mol. The Morgan fingerprint density at radius 1 is 1.48 bits per heavy atom. The molecule has 0 bridgehead atoms. The van der Waals surface area contributed by atoms with Crippen LogP contribution in [0.5, 0.6) is 0 Å². The van der Waals surface area contributed by atoms with E-state index in [1.54, 1.807) is 12.1 Å². The summed E-state index contributed by atoms with van der Waals surface area (Å²) in [6.45, 7) is 4.87. The second kappa shape index (κ2) is 7.99. The summed E-state index contributed by atoms with van der Waals surface area (Å²) in [6.07, 6.45) is 5.14. The van der Waals surface area contributed by atoms with E-state index < -0.39 is 0 Å². The van der Waals surface area contributed by atoms with E-state index in [0.29, 0.717) is 18.4 Å². The summed E-state index contributed by atoms with van der Waals surface area (Å²) in [4.78, 5) is 9.83. The molecule has 2 heterocycles. The van der Waals surface area contributed by atoms with Crippen LogP contribution in [0, 0.1) is 11.7 Å². The average Bonchev–Trinajstić information content (AvgIpc) is 2.89. The van der Waals surface area contributed by atoms with Crippen LogP contribution in [0.1, 0.15) is 25.3 Å². The number of H-pyrrole nitrogens is 1. The predicted molar refractivity (Wildman–Crippen MR) is 104 cm³/mol. The molecule has 0 amide bonds. The summed E-state index contributed by atoms with van der Waals surface area (Å²) in [6, 6.07) is 4.80. The lowest BCUT2D eigenvalue weighted by Gasteiger charge is -2.31. The molecule has 0 spiro atoms. The third kappa shape index (κ3) is 4.37. The SMILES string of the molecule is CC1CCCN(C(N)=NCCc2c[nH]c3ccc(F)cc23)C1.I. The number of fused-ring (bicyclic) bond motifs is 1. The van der Waals surface area contributed by atoms with Crippen LogP contribution in [0.15, 0.2) is 29.4 Å². The van der Waals surface area contributed by atoms with Gasteiger partial charge in [-0.2, -0.15) is 0 Å². The van der Waals surface area contributed by atoms with Crippen molar-refractivity contribution in [1.82, 2.24) is 9.88 Å². The van der Waals surface area contributed by atoms with Crippen LogP contribution in [-0.4, -0.2) is 35.5 Å². The van der Waals surface area contributed by atoms with E-state index in [1.165, 1.54) is 18.9 Å². The standard InChI is InChI=1S/C17H23FN4.HI/c1-12-3-2-8-22(11-12)17(19)20-7-6-13-10-21-16-5-4-14(18)9-15(13)16;/h4-5,9-10,12,21H,2-3,6-8,11H2,1H3,(H2,19,20);1H. The molecule has 1 atom stereocenters. The maximum Gasteiger partial charge on any atom is 0.191 e. The van der Waals surface area contributed by atoms with Crippen molar-refractivity contribution in [2.24, 2.45) is 16.6 Å². The first-order valence-corrected chi connectivity index (χ1v) is 7.94. The highest BCUT2D eigenvalue weighted by atomic mass is 127. The van der Waals surface area contributed by atoms with Crippen molar-refractivity contribution in [3.05, 3.63) is 35.8 Å². The number of aromatic amines is 1. The Morgan fingerprint density at radius 3 is 3.09 bits per heavy atom. The zero-order valence-corrected chi connectivity index (χ0v) is 15.7.